The standard InChI is InChI=1S/C14H20ClFN2O2S/c1-9-3-5-11(6-4-9)18(2)21(19,20)13-8-10(17)7-12(15)14(13)16/h7-9,11H,3-6,17H2,1-2H3. The summed E-state index contributed by atoms with van der Waals surface area (Å²) in [4.78, 5) is -0.450. The molecule has 1 aromatic carbocycles. The number of nitrogens with zero attached hydrogens (tertiary/aromatic N) is 1. The second-order valence-electron chi connectivity index (χ2n) is 5.75. The van der Waals surface area contributed by atoms with Crippen LogP contribution in [-0.4, -0.2) is 25.8 Å². The molecule has 118 valence electrons. The van der Waals surface area contributed by atoms with E-state index >= 15 is 0 Å². The second kappa shape index (κ2) is 6.10. The van der Waals surface area contributed by atoms with Crippen LogP contribution in [0.2, 0.25) is 5.02 Å². The smallest absolute Gasteiger partial charge is 0.246 e. The fraction of sp³-hybridized carbons (Fsp3) is 0.571. The van der Waals surface area contributed by atoms with Crippen molar-refractivity contribution in [2.45, 2.75) is 43.5 Å². The van der Waals surface area contributed by atoms with Gasteiger partial charge in [-0.15, -0.1) is 0 Å². The Hall–Kier alpha value is -0.850. The van der Waals surface area contributed by atoms with Crippen molar-refractivity contribution in [2.24, 2.45) is 5.92 Å². The SMILES string of the molecule is CC1CCC(N(C)S(=O)(=O)c2cc(N)cc(Cl)c2F)CC1. The molecule has 0 saturated heterocycles. The third-order valence-corrected chi connectivity index (χ3v) is 6.36. The van der Waals surface area contributed by atoms with E-state index in [0.717, 1.165) is 31.7 Å². The molecule has 1 fully saturated rings. The Morgan fingerprint density at radius 3 is 2.43 bits per heavy atom. The highest BCUT2D eigenvalue weighted by molar-refractivity contribution is 7.89. The van der Waals surface area contributed by atoms with Crippen molar-refractivity contribution < 1.29 is 12.8 Å². The molecule has 0 heterocycles. The van der Waals surface area contributed by atoms with Gasteiger partial charge < -0.3 is 5.73 Å². The van der Waals surface area contributed by atoms with Crippen LogP contribution in [0.15, 0.2) is 17.0 Å². The predicted molar refractivity (Wildman–Crippen MR) is 82.2 cm³/mol. The second-order valence-corrected chi connectivity index (χ2v) is 8.12. The molecule has 0 atom stereocenters. The van der Waals surface area contributed by atoms with Crippen LogP contribution in [0.3, 0.4) is 0 Å². The molecule has 7 heteroatoms. The summed E-state index contributed by atoms with van der Waals surface area (Å²) >= 11 is 5.70. The van der Waals surface area contributed by atoms with Crippen LogP contribution in [0.25, 0.3) is 0 Å². The van der Waals surface area contributed by atoms with E-state index in [0.29, 0.717) is 5.92 Å². The molecular weight excluding hydrogens is 315 g/mol. The molecule has 21 heavy (non-hydrogen) atoms. The van der Waals surface area contributed by atoms with E-state index in [-0.39, 0.29) is 16.8 Å². The molecule has 1 aliphatic carbocycles. The lowest BCUT2D eigenvalue weighted by Crippen LogP contribution is -2.39. The number of nitrogens with two attached hydrogens (primary N) is 1. The Morgan fingerprint density at radius 2 is 1.86 bits per heavy atom. The zero-order chi connectivity index (χ0) is 15.8. The molecule has 1 aliphatic rings. The molecule has 1 saturated carbocycles. The molecule has 2 N–H and O–H groups in total. The van der Waals surface area contributed by atoms with Crippen molar-refractivity contribution in [1.29, 1.82) is 0 Å². The van der Waals surface area contributed by atoms with Crippen molar-refractivity contribution in [3.63, 3.8) is 0 Å². The van der Waals surface area contributed by atoms with Gasteiger partial charge in [-0.25, -0.2) is 12.8 Å². The van der Waals surface area contributed by atoms with Gasteiger partial charge in [0.15, 0.2) is 5.82 Å². The van der Waals surface area contributed by atoms with E-state index in [1.807, 2.05) is 0 Å². The van der Waals surface area contributed by atoms with Gasteiger partial charge in [-0.1, -0.05) is 18.5 Å². The minimum atomic E-state index is -3.94. The number of hydrogen-bond donors (Lipinski definition) is 1. The first-order chi connectivity index (χ1) is 9.73. The molecule has 0 bridgehead atoms. The average Bonchev–Trinajstić information content (AvgIpc) is 2.42. The third kappa shape index (κ3) is 3.33. The maximum atomic E-state index is 14.1. The lowest BCUT2D eigenvalue weighted by molar-refractivity contribution is 0.245. The molecule has 0 spiro atoms. The normalized spacial score (nSPS) is 23.5. The number of nitrogen functional groups attached to an aromatic ring is 1. The summed E-state index contributed by atoms with van der Waals surface area (Å²) in [6.07, 6.45) is 3.53. The zero-order valence-corrected chi connectivity index (χ0v) is 13.7. The summed E-state index contributed by atoms with van der Waals surface area (Å²) < 4.78 is 40.6. The van der Waals surface area contributed by atoms with Gasteiger partial charge in [0.25, 0.3) is 0 Å². The summed E-state index contributed by atoms with van der Waals surface area (Å²) in [6, 6.07) is 2.22. The molecule has 0 aromatic heterocycles. The Balaban J connectivity index is 2.34. The lowest BCUT2D eigenvalue weighted by atomic mass is 9.87. The van der Waals surface area contributed by atoms with Crippen LogP contribution < -0.4 is 5.73 Å². The van der Waals surface area contributed by atoms with Gasteiger partial charge in [-0.05, 0) is 43.7 Å². The number of rotatable bonds is 3. The highest BCUT2D eigenvalue weighted by Crippen LogP contribution is 2.32. The lowest BCUT2D eigenvalue weighted by Gasteiger charge is -2.33. The zero-order valence-electron chi connectivity index (χ0n) is 12.1. The minimum Gasteiger partial charge on any atom is -0.399 e. The molecule has 4 nitrogen and oxygen atoms in total. The molecule has 0 aliphatic heterocycles. The van der Waals surface area contributed by atoms with E-state index in [1.54, 1.807) is 0 Å². The average molecular weight is 335 g/mol. The molecule has 0 unspecified atom stereocenters. The summed E-state index contributed by atoms with van der Waals surface area (Å²) in [5.41, 5.74) is 5.72. The minimum absolute atomic E-state index is 0.106. The van der Waals surface area contributed by atoms with Crippen LogP contribution in [0, 0.1) is 11.7 Å². The van der Waals surface area contributed by atoms with Crippen LogP contribution in [0.5, 0.6) is 0 Å². The monoisotopic (exact) mass is 334 g/mol. The van der Waals surface area contributed by atoms with Gasteiger partial charge in [0.1, 0.15) is 4.90 Å². The van der Waals surface area contributed by atoms with Crippen LogP contribution in [-0.2, 0) is 10.0 Å². The Labute approximate surface area is 130 Å². The van der Waals surface area contributed by atoms with E-state index in [2.05, 4.69) is 6.92 Å². The van der Waals surface area contributed by atoms with Gasteiger partial charge in [-0.3, -0.25) is 0 Å². The first kappa shape index (κ1) is 16.5. The van der Waals surface area contributed by atoms with Gasteiger partial charge in [0, 0.05) is 18.8 Å². The van der Waals surface area contributed by atoms with Crippen LogP contribution in [0.1, 0.15) is 32.6 Å². The van der Waals surface area contributed by atoms with Gasteiger partial charge >= 0.3 is 0 Å². The topological polar surface area (TPSA) is 63.4 Å². The molecule has 0 radical (unpaired) electrons. The summed E-state index contributed by atoms with van der Waals surface area (Å²) in [5, 5.41) is -0.278. The summed E-state index contributed by atoms with van der Waals surface area (Å²) in [5.74, 6) is -0.335. The number of halogens is 2. The molecule has 0 amide bonds. The van der Waals surface area contributed by atoms with Crippen molar-refractivity contribution in [3.8, 4) is 0 Å². The molecule has 1 aromatic rings. The number of benzene rings is 1. The summed E-state index contributed by atoms with van der Waals surface area (Å²) in [7, 11) is -2.45. The molecule has 2 rings (SSSR count). The van der Waals surface area contributed by atoms with Gasteiger partial charge in [0.2, 0.25) is 10.0 Å². The van der Waals surface area contributed by atoms with Crippen molar-refractivity contribution in [3.05, 3.63) is 23.0 Å². The third-order valence-electron chi connectivity index (χ3n) is 4.17. The number of sulfonamides is 1. The first-order valence-corrected chi connectivity index (χ1v) is 8.78. The predicted octanol–water partition coefficient (Wildman–Crippen LogP) is 3.26. The molecular formula is C14H20ClFN2O2S. The van der Waals surface area contributed by atoms with Crippen molar-refractivity contribution in [1.82, 2.24) is 4.31 Å². The number of anilines is 1. The maximum absolute atomic E-state index is 14.1. The fourth-order valence-electron chi connectivity index (χ4n) is 2.73. The van der Waals surface area contributed by atoms with E-state index in [4.69, 9.17) is 17.3 Å². The first-order valence-electron chi connectivity index (χ1n) is 6.96. The number of hydrogen-bond acceptors (Lipinski definition) is 3. The van der Waals surface area contributed by atoms with Gasteiger partial charge in [0.05, 0.1) is 5.02 Å². The van der Waals surface area contributed by atoms with E-state index < -0.39 is 20.7 Å². The van der Waals surface area contributed by atoms with Crippen LogP contribution >= 0.6 is 11.6 Å². The Kier molecular flexibility index (Phi) is 4.80. The summed E-state index contributed by atoms with van der Waals surface area (Å²) in [6.45, 7) is 2.15. The van der Waals surface area contributed by atoms with Crippen molar-refractivity contribution in [2.75, 3.05) is 12.8 Å². The maximum Gasteiger partial charge on any atom is 0.246 e. The Morgan fingerprint density at radius 1 is 1.29 bits per heavy atom. The van der Waals surface area contributed by atoms with Gasteiger partial charge in [-0.2, -0.15) is 4.31 Å². The quantitative estimate of drug-likeness (QED) is 0.863. The fourth-order valence-corrected chi connectivity index (χ4v) is 4.55. The highest BCUT2D eigenvalue weighted by atomic mass is 35.5. The van der Waals surface area contributed by atoms with Crippen LogP contribution in [0.4, 0.5) is 10.1 Å². The Bertz CT molecular complexity index is 628. The van der Waals surface area contributed by atoms with E-state index in [9.17, 15) is 12.8 Å². The highest BCUT2D eigenvalue weighted by Gasteiger charge is 2.33. The van der Waals surface area contributed by atoms with E-state index in [1.165, 1.54) is 17.4 Å². The largest absolute Gasteiger partial charge is 0.399 e. The van der Waals surface area contributed by atoms with Crippen molar-refractivity contribution >= 4 is 27.3 Å².